The number of carboxylic acids is 1. The quantitative estimate of drug-likeness (QED) is 0.671. The van der Waals surface area contributed by atoms with Gasteiger partial charge in [-0.05, 0) is 30.4 Å². The summed E-state index contributed by atoms with van der Waals surface area (Å²) in [7, 11) is 1.80. The molecule has 2 heterocycles. The Morgan fingerprint density at radius 1 is 1.53 bits per heavy atom. The van der Waals surface area contributed by atoms with Crippen LogP contribution in [0, 0.1) is 3.95 Å². The average Bonchev–Trinajstić information content (AvgIpc) is 2.62. The molecule has 2 aromatic heterocycles. The van der Waals surface area contributed by atoms with Crippen molar-refractivity contribution in [2.75, 3.05) is 0 Å². The molecule has 19 heavy (non-hydrogen) atoms. The molecule has 0 spiro atoms. The zero-order valence-corrected chi connectivity index (χ0v) is 12.9. The zero-order chi connectivity index (χ0) is 13.7. The van der Waals surface area contributed by atoms with Crippen molar-refractivity contribution in [3.05, 3.63) is 32.2 Å². The molecule has 0 unspecified atom stereocenters. The van der Waals surface area contributed by atoms with E-state index in [-0.39, 0.29) is 5.56 Å². The number of nitrogens with zero attached hydrogens (tertiary/aromatic N) is 2. The second kappa shape index (κ2) is 4.36. The highest BCUT2D eigenvalue weighted by Gasteiger charge is 2.18. The molecule has 4 nitrogen and oxygen atoms in total. The number of aromatic carboxylic acids is 1. The van der Waals surface area contributed by atoms with Gasteiger partial charge in [-0.25, -0.2) is 9.78 Å². The number of carbonyl (C=O) groups is 1. The smallest absolute Gasteiger partial charge is 0.337 e. The normalized spacial score (nSPS) is 11.3. The second-order valence-electron chi connectivity index (χ2n) is 4.03. The summed E-state index contributed by atoms with van der Waals surface area (Å²) in [5, 5.41) is 10.1. The Bertz CT molecular complexity index is 898. The van der Waals surface area contributed by atoms with Crippen molar-refractivity contribution < 1.29 is 9.90 Å². The summed E-state index contributed by atoms with van der Waals surface area (Å²) in [6.07, 6.45) is 0. The van der Waals surface area contributed by atoms with Crippen LogP contribution < -0.4 is 0 Å². The predicted octanol–water partition coefficient (Wildman–Crippen LogP) is 3.98. The van der Waals surface area contributed by atoms with Crippen molar-refractivity contribution in [1.82, 2.24) is 9.55 Å². The van der Waals surface area contributed by atoms with Crippen LogP contribution in [0.15, 0.2) is 22.7 Å². The lowest BCUT2D eigenvalue weighted by Crippen LogP contribution is -2.01. The fraction of sp³-hybridized carbons (Fsp3) is 0.0833. The van der Waals surface area contributed by atoms with E-state index in [1.54, 1.807) is 23.7 Å². The van der Waals surface area contributed by atoms with E-state index in [9.17, 15) is 9.90 Å². The number of benzene rings is 1. The molecular weight excluding hydrogens is 348 g/mol. The Hall–Kier alpha value is -1.31. The van der Waals surface area contributed by atoms with Crippen LogP contribution in [0.5, 0.6) is 0 Å². The van der Waals surface area contributed by atoms with Gasteiger partial charge in [-0.3, -0.25) is 0 Å². The number of halogens is 1. The van der Waals surface area contributed by atoms with Gasteiger partial charge in [0.25, 0.3) is 0 Å². The van der Waals surface area contributed by atoms with Gasteiger partial charge < -0.3 is 9.67 Å². The molecule has 7 heteroatoms. The SMILES string of the molecule is Cn1c(=S)sc2c(C(=O)O)c3cc(Br)ccc3nc21. The number of hydrogen-bond donors (Lipinski definition) is 1. The fourth-order valence-electron chi connectivity index (χ4n) is 1.98. The van der Waals surface area contributed by atoms with Crippen molar-refractivity contribution in [3.63, 3.8) is 0 Å². The standard InChI is InChI=1S/C12H7BrN2O2S2/c1-15-10-9(19-12(15)18)8(11(16)17)6-4-5(13)2-3-7(6)14-10/h2-4H,1H3,(H,16,17). The van der Waals surface area contributed by atoms with Crippen LogP contribution in [-0.4, -0.2) is 20.6 Å². The predicted molar refractivity (Wildman–Crippen MR) is 81.6 cm³/mol. The molecule has 0 bridgehead atoms. The number of fused-ring (bicyclic) bond motifs is 2. The molecule has 0 radical (unpaired) electrons. The van der Waals surface area contributed by atoms with E-state index in [1.807, 2.05) is 6.07 Å². The number of pyridine rings is 1. The number of rotatable bonds is 1. The maximum Gasteiger partial charge on any atom is 0.337 e. The van der Waals surface area contributed by atoms with Gasteiger partial charge in [-0.1, -0.05) is 15.9 Å². The minimum Gasteiger partial charge on any atom is -0.478 e. The number of hydrogen-bond acceptors (Lipinski definition) is 4. The summed E-state index contributed by atoms with van der Waals surface area (Å²) < 4.78 is 3.79. The highest BCUT2D eigenvalue weighted by atomic mass is 79.9. The van der Waals surface area contributed by atoms with Crippen molar-refractivity contribution in [2.45, 2.75) is 0 Å². The summed E-state index contributed by atoms with van der Waals surface area (Å²) >= 11 is 9.83. The molecule has 0 saturated carbocycles. The minimum atomic E-state index is -0.965. The van der Waals surface area contributed by atoms with E-state index >= 15 is 0 Å². The first-order chi connectivity index (χ1) is 8.99. The van der Waals surface area contributed by atoms with Gasteiger partial charge in [-0.15, -0.1) is 11.3 Å². The molecule has 0 aliphatic carbocycles. The van der Waals surface area contributed by atoms with Crippen LogP contribution in [0.3, 0.4) is 0 Å². The Morgan fingerprint density at radius 2 is 2.26 bits per heavy atom. The lowest BCUT2D eigenvalue weighted by molar-refractivity contribution is 0.0701. The second-order valence-corrected chi connectivity index (χ2v) is 6.59. The summed E-state index contributed by atoms with van der Waals surface area (Å²) in [4.78, 5) is 16.1. The number of carboxylic acid groups (broad SMARTS) is 1. The van der Waals surface area contributed by atoms with Crippen molar-refractivity contribution in [2.24, 2.45) is 7.05 Å². The average molecular weight is 355 g/mol. The van der Waals surface area contributed by atoms with Crippen molar-refractivity contribution in [3.8, 4) is 0 Å². The first kappa shape index (κ1) is 12.7. The molecule has 0 atom stereocenters. The van der Waals surface area contributed by atoms with E-state index < -0.39 is 5.97 Å². The van der Waals surface area contributed by atoms with E-state index in [2.05, 4.69) is 20.9 Å². The van der Waals surface area contributed by atoms with Gasteiger partial charge in [0.2, 0.25) is 0 Å². The molecule has 96 valence electrons. The molecular formula is C12H7BrN2O2S2. The topological polar surface area (TPSA) is 55.1 Å². The minimum absolute atomic E-state index is 0.262. The van der Waals surface area contributed by atoms with Crippen LogP contribution >= 0.6 is 39.5 Å². The van der Waals surface area contributed by atoms with Crippen LogP contribution in [0.1, 0.15) is 10.4 Å². The van der Waals surface area contributed by atoms with Crippen LogP contribution in [0.25, 0.3) is 21.3 Å². The summed E-state index contributed by atoms with van der Waals surface area (Å²) in [5.41, 5.74) is 1.52. The molecule has 0 saturated heterocycles. The Kier molecular flexibility index (Phi) is 2.92. The third kappa shape index (κ3) is 1.89. The first-order valence-electron chi connectivity index (χ1n) is 5.31. The molecule has 0 aliphatic rings. The third-order valence-corrected chi connectivity index (χ3v) is 4.94. The molecule has 0 aliphatic heterocycles. The van der Waals surface area contributed by atoms with Crippen molar-refractivity contribution in [1.29, 1.82) is 0 Å². The number of thiazole rings is 1. The van der Waals surface area contributed by atoms with E-state index in [1.165, 1.54) is 11.3 Å². The molecule has 1 aromatic carbocycles. The van der Waals surface area contributed by atoms with Crippen LogP contribution in [-0.2, 0) is 7.05 Å². The van der Waals surface area contributed by atoms with E-state index in [0.717, 1.165) is 4.47 Å². The summed E-state index contributed by atoms with van der Waals surface area (Å²) in [5.74, 6) is -0.965. The molecule has 3 rings (SSSR count). The number of aryl methyl sites for hydroxylation is 1. The fourth-order valence-corrected chi connectivity index (χ4v) is 3.65. The maximum atomic E-state index is 11.6. The van der Waals surface area contributed by atoms with Gasteiger partial charge in [-0.2, -0.15) is 0 Å². The Balaban J connectivity index is 2.65. The van der Waals surface area contributed by atoms with Gasteiger partial charge in [0, 0.05) is 16.9 Å². The third-order valence-electron chi connectivity index (χ3n) is 2.88. The largest absolute Gasteiger partial charge is 0.478 e. The lowest BCUT2D eigenvalue weighted by Gasteiger charge is -2.05. The van der Waals surface area contributed by atoms with Gasteiger partial charge in [0.05, 0.1) is 15.8 Å². The Labute approximate surface area is 125 Å². The highest BCUT2D eigenvalue weighted by molar-refractivity contribution is 9.10. The summed E-state index contributed by atoms with van der Waals surface area (Å²) in [6, 6.07) is 5.41. The highest BCUT2D eigenvalue weighted by Crippen LogP contribution is 2.31. The van der Waals surface area contributed by atoms with Gasteiger partial charge >= 0.3 is 5.97 Å². The molecule has 1 N–H and O–H groups in total. The lowest BCUT2D eigenvalue weighted by atomic mass is 10.1. The summed E-state index contributed by atoms with van der Waals surface area (Å²) in [6.45, 7) is 0. The van der Waals surface area contributed by atoms with Gasteiger partial charge in [0.1, 0.15) is 0 Å². The van der Waals surface area contributed by atoms with Crippen LogP contribution in [0.2, 0.25) is 0 Å². The zero-order valence-electron chi connectivity index (χ0n) is 9.68. The van der Waals surface area contributed by atoms with E-state index in [0.29, 0.717) is 25.2 Å². The first-order valence-corrected chi connectivity index (χ1v) is 7.33. The molecule has 0 amide bonds. The Morgan fingerprint density at radius 3 is 2.95 bits per heavy atom. The maximum absolute atomic E-state index is 11.6. The monoisotopic (exact) mass is 354 g/mol. The molecule has 0 fully saturated rings. The van der Waals surface area contributed by atoms with Crippen LogP contribution in [0.4, 0.5) is 0 Å². The number of aromatic nitrogens is 2. The molecule has 3 aromatic rings. The van der Waals surface area contributed by atoms with Crippen molar-refractivity contribution >= 4 is 66.7 Å². The van der Waals surface area contributed by atoms with Gasteiger partial charge in [0.15, 0.2) is 9.60 Å². The van der Waals surface area contributed by atoms with E-state index in [4.69, 9.17) is 12.2 Å².